The minimum atomic E-state index is 0.703. The van der Waals surface area contributed by atoms with Crippen LogP contribution in [-0.4, -0.2) is 8.75 Å². The van der Waals surface area contributed by atoms with Crippen molar-refractivity contribution >= 4 is 88.9 Å². The number of halogens is 3. The normalized spacial score (nSPS) is 11.4. The van der Waals surface area contributed by atoms with Gasteiger partial charge in [0.25, 0.3) is 0 Å². The molecule has 0 saturated heterocycles. The molecule has 110 valence electrons. The van der Waals surface area contributed by atoms with Crippen LogP contribution in [0, 0.1) is 0 Å². The zero-order valence-electron chi connectivity index (χ0n) is 10.6. The number of fused-ring (bicyclic) bond motifs is 1. The molecule has 0 radical (unpaired) electrons. The first-order valence-corrected chi connectivity index (χ1v) is 10.4. The first-order valence-electron chi connectivity index (χ1n) is 6.09. The van der Waals surface area contributed by atoms with Crippen molar-refractivity contribution in [2.75, 3.05) is 0 Å². The monoisotopic (exact) mass is 490 g/mol. The van der Waals surface area contributed by atoms with Crippen molar-refractivity contribution in [3.05, 3.63) is 42.9 Å². The zero-order chi connectivity index (χ0) is 15.3. The Labute approximate surface area is 160 Å². The number of rotatable bonds is 2. The molecule has 3 heterocycles. The average Bonchev–Trinajstić information content (AvgIpc) is 3.19. The zero-order valence-corrected chi connectivity index (χ0v) is 17.0. The molecule has 3 aromatic heterocycles. The molecule has 0 aliphatic rings. The van der Waals surface area contributed by atoms with Gasteiger partial charge in [0.2, 0.25) is 0 Å². The highest BCUT2D eigenvalue weighted by Crippen LogP contribution is 2.44. The van der Waals surface area contributed by atoms with Crippen LogP contribution in [0.4, 0.5) is 0 Å². The Morgan fingerprint density at radius 1 is 0.864 bits per heavy atom. The fourth-order valence-electron chi connectivity index (χ4n) is 2.24. The molecule has 8 heteroatoms. The summed E-state index contributed by atoms with van der Waals surface area (Å²) in [4.78, 5) is 2.22. The molecule has 0 unspecified atom stereocenters. The molecule has 0 bridgehead atoms. The molecule has 4 aromatic rings. The SMILES string of the molecule is Clc1cc(-c2ccc(Br)s2)c2nsnc2c1-c1ccc(Br)s1. The Balaban J connectivity index is 2.02. The predicted molar refractivity (Wildman–Crippen MR) is 104 cm³/mol. The molecule has 0 spiro atoms. The van der Waals surface area contributed by atoms with E-state index in [1.807, 2.05) is 18.2 Å². The lowest BCUT2D eigenvalue weighted by atomic mass is 10.1. The van der Waals surface area contributed by atoms with Crippen molar-refractivity contribution in [2.45, 2.75) is 0 Å². The van der Waals surface area contributed by atoms with Crippen molar-refractivity contribution < 1.29 is 0 Å². The second kappa shape index (κ2) is 5.96. The molecular weight excluding hydrogens is 488 g/mol. The second-order valence-corrected chi connectivity index (χ2v) is 10.3. The maximum atomic E-state index is 6.59. The van der Waals surface area contributed by atoms with Gasteiger partial charge < -0.3 is 0 Å². The van der Waals surface area contributed by atoms with Gasteiger partial charge in [-0.15, -0.1) is 22.7 Å². The molecule has 0 fully saturated rings. The number of thiophene rings is 2. The maximum absolute atomic E-state index is 6.59. The van der Waals surface area contributed by atoms with E-state index in [0.717, 1.165) is 39.5 Å². The fourth-order valence-corrected chi connectivity index (χ4v) is 6.01. The molecule has 4 rings (SSSR count). The van der Waals surface area contributed by atoms with Crippen molar-refractivity contribution in [2.24, 2.45) is 0 Å². The molecule has 0 aliphatic carbocycles. The minimum Gasteiger partial charge on any atom is -0.172 e. The first-order chi connectivity index (χ1) is 10.6. The van der Waals surface area contributed by atoms with Gasteiger partial charge in [-0.05, 0) is 62.2 Å². The van der Waals surface area contributed by atoms with Gasteiger partial charge >= 0.3 is 0 Å². The van der Waals surface area contributed by atoms with Crippen LogP contribution in [0.15, 0.2) is 37.9 Å². The average molecular weight is 493 g/mol. The van der Waals surface area contributed by atoms with E-state index in [2.05, 4.69) is 52.7 Å². The van der Waals surface area contributed by atoms with Crippen molar-refractivity contribution in [3.63, 3.8) is 0 Å². The summed E-state index contributed by atoms with van der Waals surface area (Å²) in [6.45, 7) is 0. The number of benzene rings is 1. The summed E-state index contributed by atoms with van der Waals surface area (Å²) in [6, 6.07) is 10.2. The third-order valence-electron chi connectivity index (χ3n) is 3.15. The molecule has 1 aromatic carbocycles. The van der Waals surface area contributed by atoms with Crippen LogP contribution in [0.3, 0.4) is 0 Å². The van der Waals surface area contributed by atoms with Crippen LogP contribution in [0.5, 0.6) is 0 Å². The molecule has 22 heavy (non-hydrogen) atoms. The number of nitrogens with zero attached hydrogens (tertiary/aromatic N) is 2. The van der Waals surface area contributed by atoms with E-state index in [-0.39, 0.29) is 0 Å². The predicted octanol–water partition coefficient (Wildman–Crippen LogP) is 7.33. The topological polar surface area (TPSA) is 25.8 Å². The first kappa shape index (κ1) is 15.2. The molecule has 0 atom stereocenters. The van der Waals surface area contributed by atoms with Crippen LogP contribution >= 0.6 is 77.9 Å². The molecule has 0 aliphatic heterocycles. The number of hydrogen-bond donors (Lipinski definition) is 0. The molecule has 0 N–H and O–H groups in total. The van der Waals surface area contributed by atoms with Crippen LogP contribution in [0.1, 0.15) is 0 Å². The lowest BCUT2D eigenvalue weighted by Crippen LogP contribution is -1.84. The summed E-state index contributed by atoms with van der Waals surface area (Å²) >= 11 is 18.1. The Morgan fingerprint density at radius 2 is 1.50 bits per heavy atom. The van der Waals surface area contributed by atoms with E-state index in [0.29, 0.717) is 5.02 Å². The summed E-state index contributed by atoms with van der Waals surface area (Å²) in [5.41, 5.74) is 3.76. The highest BCUT2D eigenvalue weighted by molar-refractivity contribution is 9.11. The highest BCUT2D eigenvalue weighted by atomic mass is 79.9. The molecule has 0 saturated carbocycles. The highest BCUT2D eigenvalue weighted by Gasteiger charge is 2.19. The van der Waals surface area contributed by atoms with Gasteiger partial charge in [-0.25, -0.2) is 0 Å². The lowest BCUT2D eigenvalue weighted by Gasteiger charge is -2.06. The van der Waals surface area contributed by atoms with Gasteiger partial charge in [-0.2, -0.15) is 8.75 Å². The summed E-state index contributed by atoms with van der Waals surface area (Å²) in [6.07, 6.45) is 0. The second-order valence-electron chi connectivity index (χ2n) is 4.45. The third kappa shape index (κ3) is 2.57. The fraction of sp³-hybridized carbons (Fsp3) is 0. The summed E-state index contributed by atoms with van der Waals surface area (Å²) < 4.78 is 11.1. The van der Waals surface area contributed by atoms with Gasteiger partial charge in [0.15, 0.2) is 0 Å². The van der Waals surface area contributed by atoms with Gasteiger partial charge in [0.05, 0.1) is 24.3 Å². The Morgan fingerprint density at radius 3 is 2.14 bits per heavy atom. The Hall–Kier alpha value is -0.310. The summed E-state index contributed by atoms with van der Waals surface area (Å²) in [5.74, 6) is 0. The van der Waals surface area contributed by atoms with Crippen molar-refractivity contribution in [1.82, 2.24) is 8.75 Å². The molecule has 0 amide bonds. The van der Waals surface area contributed by atoms with Gasteiger partial charge in [0, 0.05) is 20.9 Å². The number of aromatic nitrogens is 2. The van der Waals surface area contributed by atoms with Crippen LogP contribution in [0.25, 0.3) is 31.9 Å². The smallest absolute Gasteiger partial charge is 0.115 e. The molecule has 2 nitrogen and oxygen atoms in total. The standard InChI is InChI=1S/C14H5Br2ClN2S3/c15-10-3-1-8(20-10)6-5-7(17)12(9-2-4-11(16)21-9)14-13(6)18-22-19-14/h1-5H. The van der Waals surface area contributed by atoms with Crippen LogP contribution < -0.4 is 0 Å². The van der Waals surface area contributed by atoms with Crippen molar-refractivity contribution in [1.29, 1.82) is 0 Å². The Kier molecular flexibility index (Phi) is 4.13. The largest absolute Gasteiger partial charge is 0.172 e. The van der Waals surface area contributed by atoms with E-state index >= 15 is 0 Å². The minimum absolute atomic E-state index is 0.703. The molecular formula is C14H5Br2ClN2S3. The van der Waals surface area contributed by atoms with Gasteiger partial charge in [-0.1, -0.05) is 11.6 Å². The quantitative estimate of drug-likeness (QED) is 0.293. The maximum Gasteiger partial charge on any atom is 0.115 e. The Bertz CT molecular complexity index is 989. The van der Waals surface area contributed by atoms with Crippen molar-refractivity contribution in [3.8, 4) is 20.9 Å². The van der Waals surface area contributed by atoms with E-state index in [1.54, 1.807) is 22.7 Å². The van der Waals surface area contributed by atoms with E-state index in [1.165, 1.54) is 11.7 Å². The van der Waals surface area contributed by atoms with Crippen LogP contribution in [0.2, 0.25) is 5.02 Å². The third-order valence-corrected chi connectivity index (χ3v) is 7.27. The van der Waals surface area contributed by atoms with E-state index in [4.69, 9.17) is 11.6 Å². The van der Waals surface area contributed by atoms with E-state index < -0.39 is 0 Å². The number of hydrogen-bond acceptors (Lipinski definition) is 5. The lowest BCUT2D eigenvalue weighted by molar-refractivity contribution is 1.63. The van der Waals surface area contributed by atoms with Gasteiger partial charge in [-0.3, -0.25) is 0 Å². The van der Waals surface area contributed by atoms with Crippen LogP contribution in [-0.2, 0) is 0 Å². The van der Waals surface area contributed by atoms with E-state index in [9.17, 15) is 0 Å². The van der Waals surface area contributed by atoms with Gasteiger partial charge in [0.1, 0.15) is 11.0 Å². The summed E-state index contributed by atoms with van der Waals surface area (Å²) in [7, 11) is 0. The summed E-state index contributed by atoms with van der Waals surface area (Å²) in [5, 5.41) is 0.703.